The number of allylic oxidation sites excluding steroid dienone is 1. The molecule has 2 heterocycles. The van der Waals surface area contributed by atoms with Crippen LogP contribution in [0.4, 0.5) is 0 Å². The minimum atomic E-state index is -0.656. The van der Waals surface area contributed by atoms with Crippen molar-refractivity contribution in [2.75, 3.05) is 6.61 Å². The van der Waals surface area contributed by atoms with Crippen LogP contribution in [0.15, 0.2) is 87.8 Å². The van der Waals surface area contributed by atoms with Gasteiger partial charge in [0.2, 0.25) is 0 Å². The fraction of sp³-hybridized carbons (Fsp3) is 0.194. The number of thiazole rings is 1. The second kappa shape index (κ2) is 11.8. The van der Waals surface area contributed by atoms with Crippen molar-refractivity contribution in [3.63, 3.8) is 0 Å². The van der Waals surface area contributed by atoms with Gasteiger partial charge in [-0.05, 0) is 50.6 Å². The van der Waals surface area contributed by atoms with Crippen molar-refractivity contribution in [2.24, 2.45) is 4.99 Å². The molecule has 1 aliphatic heterocycles. The van der Waals surface area contributed by atoms with E-state index in [2.05, 4.69) is 4.99 Å². The zero-order chi connectivity index (χ0) is 28.4. The van der Waals surface area contributed by atoms with Crippen molar-refractivity contribution in [3.8, 4) is 5.75 Å². The van der Waals surface area contributed by atoms with E-state index in [4.69, 9.17) is 32.7 Å². The van der Waals surface area contributed by atoms with Crippen LogP contribution in [0, 0.1) is 6.92 Å². The molecule has 0 amide bonds. The van der Waals surface area contributed by atoms with Crippen LogP contribution >= 0.6 is 34.5 Å². The van der Waals surface area contributed by atoms with Crippen LogP contribution in [-0.4, -0.2) is 17.1 Å². The zero-order valence-corrected chi connectivity index (χ0v) is 24.4. The Hall–Kier alpha value is -3.65. The second-order valence-electron chi connectivity index (χ2n) is 9.28. The van der Waals surface area contributed by atoms with Crippen LogP contribution in [0.25, 0.3) is 6.08 Å². The predicted molar refractivity (Wildman–Crippen MR) is 159 cm³/mol. The molecule has 0 radical (unpaired) electrons. The molecular formula is C31H26Cl2N2O4S. The number of halogens is 2. The average Bonchev–Trinajstić information content (AvgIpc) is 3.23. The number of benzene rings is 3. The Morgan fingerprint density at radius 1 is 1.07 bits per heavy atom. The number of fused-ring (bicyclic) bond motifs is 1. The first-order chi connectivity index (χ1) is 19.3. The molecule has 0 saturated heterocycles. The Labute approximate surface area is 245 Å². The van der Waals surface area contributed by atoms with Crippen LogP contribution < -0.4 is 19.6 Å². The Kier molecular flexibility index (Phi) is 8.26. The van der Waals surface area contributed by atoms with Crippen molar-refractivity contribution >= 4 is 46.6 Å². The van der Waals surface area contributed by atoms with E-state index in [1.54, 1.807) is 36.6 Å². The summed E-state index contributed by atoms with van der Waals surface area (Å²) in [6.07, 6.45) is 1.79. The maximum atomic E-state index is 13.9. The molecule has 0 spiro atoms. The highest BCUT2D eigenvalue weighted by atomic mass is 35.5. The normalized spacial score (nSPS) is 15.0. The summed E-state index contributed by atoms with van der Waals surface area (Å²) in [5.74, 6) is 0.112. The molecule has 9 heteroatoms. The van der Waals surface area contributed by atoms with Gasteiger partial charge in [-0.1, -0.05) is 88.6 Å². The Morgan fingerprint density at radius 3 is 2.55 bits per heavy atom. The van der Waals surface area contributed by atoms with Crippen molar-refractivity contribution < 1.29 is 14.3 Å². The smallest absolute Gasteiger partial charge is 0.338 e. The van der Waals surface area contributed by atoms with Crippen LogP contribution in [0.1, 0.15) is 42.1 Å². The number of carbonyl (C=O) groups is 1. The van der Waals surface area contributed by atoms with Crippen molar-refractivity contribution in [1.82, 2.24) is 4.57 Å². The van der Waals surface area contributed by atoms with E-state index in [9.17, 15) is 9.59 Å². The maximum absolute atomic E-state index is 13.9. The lowest BCUT2D eigenvalue weighted by Gasteiger charge is -2.24. The number of nitrogens with zero attached hydrogens (tertiary/aromatic N) is 2. The van der Waals surface area contributed by atoms with Crippen molar-refractivity contribution in [1.29, 1.82) is 0 Å². The molecular weight excluding hydrogens is 567 g/mol. The Balaban J connectivity index is 1.59. The fourth-order valence-electron chi connectivity index (χ4n) is 4.52. The molecule has 0 fully saturated rings. The van der Waals surface area contributed by atoms with E-state index in [0.29, 0.717) is 36.4 Å². The lowest BCUT2D eigenvalue weighted by atomic mass is 9.95. The SMILES string of the molecule is CCOC(=O)C1=C(C)N=c2s/c(=C\c3ccccc3OCc3ccc(Cl)cc3Cl)c(=O)n2[C@@H]1c1ccc(C)cc1. The number of hydrogen-bond acceptors (Lipinski definition) is 6. The Morgan fingerprint density at radius 2 is 1.82 bits per heavy atom. The van der Waals surface area contributed by atoms with Crippen LogP contribution in [0.2, 0.25) is 10.0 Å². The lowest BCUT2D eigenvalue weighted by molar-refractivity contribution is -0.139. The molecule has 40 heavy (non-hydrogen) atoms. The van der Waals surface area contributed by atoms with Gasteiger partial charge in [-0.25, -0.2) is 9.79 Å². The third-order valence-corrected chi connectivity index (χ3v) is 8.08. The maximum Gasteiger partial charge on any atom is 0.338 e. The molecule has 0 bridgehead atoms. The van der Waals surface area contributed by atoms with Gasteiger partial charge in [0.05, 0.1) is 28.5 Å². The standard InChI is InChI=1S/C31H26Cl2N2O4S/c1-4-38-30(37)27-19(3)34-31-35(28(27)20-11-9-18(2)10-12-20)29(36)26(40-31)15-21-7-5-6-8-25(21)39-17-22-13-14-23(32)16-24(22)33/h5-16,28H,4,17H2,1-3H3/b26-15-/t28-/m1/s1. The molecule has 3 aromatic carbocycles. The first-order valence-electron chi connectivity index (χ1n) is 12.7. The minimum Gasteiger partial charge on any atom is -0.488 e. The molecule has 1 aromatic heterocycles. The van der Waals surface area contributed by atoms with E-state index in [1.165, 1.54) is 11.3 Å². The van der Waals surface area contributed by atoms with Gasteiger partial charge in [0.15, 0.2) is 4.80 Å². The molecule has 1 atom stereocenters. The van der Waals surface area contributed by atoms with Crippen LogP contribution in [-0.2, 0) is 16.1 Å². The third-order valence-electron chi connectivity index (χ3n) is 6.51. The molecule has 0 N–H and O–H groups in total. The number of hydrogen-bond donors (Lipinski definition) is 0. The van der Waals surface area contributed by atoms with Crippen LogP contribution in [0.5, 0.6) is 5.75 Å². The number of esters is 1. The minimum absolute atomic E-state index is 0.221. The summed E-state index contributed by atoms with van der Waals surface area (Å²) < 4.78 is 13.5. The van der Waals surface area contributed by atoms with Gasteiger partial charge < -0.3 is 9.47 Å². The van der Waals surface area contributed by atoms with Gasteiger partial charge >= 0.3 is 5.97 Å². The summed E-state index contributed by atoms with van der Waals surface area (Å²) in [4.78, 5) is 32.1. The molecule has 6 nitrogen and oxygen atoms in total. The van der Waals surface area contributed by atoms with Crippen molar-refractivity contribution in [2.45, 2.75) is 33.4 Å². The quantitative estimate of drug-likeness (QED) is 0.247. The zero-order valence-electron chi connectivity index (χ0n) is 22.1. The highest BCUT2D eigenvalue weighted by Crippen LogP contribution is 2.31. The van der Waals surface area contributed by atoms with Crippen molar-refractivity contribution in [3.05, 3.63) is 130 Å². The summed E-state index contributed by atoms with van der Waals surface area (Å²) >= 11 is 13.6. The van der Waals surface area contributed by atoms with Gasteiger partial charge in [-0.3, -0.25) is 9.36 Å². The van der Waals surface area contributed by atoms with Gasteiger partial charge in [0, 0.05) is 21.2 Å². The summed E-state index contributed by atoms with van der Waals surface area (Å²) in [5.41, 5.74) is 4.03. The van der Waals surface area contributed by atoms with Crippen LogP contribution in [0.3, 0.4) is 0 Å². The number of ether oxygens (including phenoxy) is 2. The predicted octanol–water partition coefficient (Wildman–Crippen LogP) is 5.99. The third kappa shape index (κ3) is 5.63. The van der Waals surface area contributed by atoms with E-state index in [-0.39, 0.29) is 18.8 Å². The largest absolute Gasteiger partial charge is 0.488 e. The van der Waals surface area contributed by atoms with E-state index >= 15 is 0 Å². The first kappa shape index (κ1) is 27.9. The fourth-order valence-corrected chi connectivity index (χ4v) is 6.02. The summed E-state index contributed by atoms with van der Waals surface area (Å²) in [6.45, 7) is 5.97. The Bertz CT molecular complexity index is 1810. The number of para-hydroxylation sites is 1. The summed E-state index contributed by atoms with van der Waals surface area (Å²) in [5, 5.41) is 1.07. The highest BCUT2D eigenvalue weighted by molar-refractivity contribution is 7.07. The van der Waals surface area contributed by atoms with Gasteiger partial charge in [0.25, 0.3) is 5.56 Å². The lowest BCUT2D eigenvalue weighted by Crippen LogP contribution is -2.39. The molecule has 0 saturated carbocycles. The van der Waals surface area contributed by atoms with E-state index in [0.717, 1.165) is 22.3 Å². The average molecular weight is 594 g/mol. The molecule has 0 aliphatic carbocycles. The summed E-state index contributed by atoms with van der Waals surface area (Å²) in [7, 11) is 0. The van der Waals surface area contributed by atoms with Gasteiger partial charge in [-0.15, -0.1) is 0 Å². The molecule has 5 rings (SSSR count). The van der Waals surface area contributed by atoms with E-state index < -0.39 is 12.0 Å². The molecule has 204 valence electrons. The van der Waals surface area contributed by atoms with Gasteiger partial charge in [-0.2, -0.15) is 0 Å². The number of aryl methyl sites for hydroxylation is 1. The highest BCUT2D eigenvalue weighted by Gasteiger charge is 2.33. The first-order valence-corrected chi connectivity index (χ1v) is 14.3. The monoisotopic (exact) mass is 592 g/mol. The number of aromatic nitrogens is 1. The topological polar surface area (TPSA) is 69.9 Å². The molecule has 0 unspecified atom stereocenters. The van der Waals surface area contributed by atoms with Gasteiger partial charge in [0.1, 0.15) is 12.4 Å². The summed E-state index contributed by atoms with van der Waals surface area (Å²) in [6, 6.07) is 19.8. The molecule has 4 aromatic rings. The second-order valence-corrected chi connectivity index (χ2v) is 11.1. The number of carbonyl (C=O) groups excluding carboxylic acids is 1. The molecule has 1 aliphatic rings. The number of rotatable bonds is 7. The van der Waals surface area contributed by atoms with E-state index in [1.807, 2.05) is 61.5 Å².